The van der Waals surface area contributed by atoms with E-state index in [-0.39, 0.29) is 6.03 Å². The van der Waals surface area contributed by atoms with Crippen LogP contribution in [0.4, 0.5) is 4.79 Å². The maximum absolute atomic E-state index is 11.7. The fraction of sp³-hybridized carbons (Fsp3) is 0.917. The van der Waals surface area contributed by atoms with Crippen molar-refractivity contribution in [3.8, 4) is 0 Å². The number of carbonyl (C=O) groups excluding carboxylic acids is 1. The lowest BCUT2D eigenvalue weighted by Crippen LogP contribution is -2.45. The molecule has 0 radical (unpaired) electrons. The van der Waals surface area contributed by atoms with Crippen LogP contribution >= 0.6 is 23.5 Å². The molecule has 1 saturated carbocycles. The summed E-state index contributed by atoms with van der Waals surface area (Å²) in [5, 5.41) is 6.71. The Morgan fingerprint density at radius 3 is 2.71 bits per heavy atom. The van der Waals surface area contributed by atoms with Crippen LogP contribution in [-0.2, 0) is 0 Å². The molecule has 2 aliphatic rings. The minimum absolute atomic E-state index is 0.0353. The lowest BCUT2D eigenvalue weighted by molar-refractivity contribution is 0.233. The van der Waals surface area contributed by atoms with Gasteiger partial charge in [0.05, 0.1) is 0 Å². The Morgan fingerprint density at radius 1 is 1.18 bits per heavy atom. The molecule has 98 valence electrons. The number of carbonyl (C=O) groups is 1. The van der Waals surface area contributed by atoms with Gasteiger partial charge in [0.1, 0.15) is 0 Å². The molecule has 0 aromatic rings. The molecule has 1 aliphatic carbocycles. The fourth-order valence-electron chi connectivity index (χ4n) is 2.34. The largest absolute Gasteiger partial charge is 0.337 e. The van der Waals surface area contributed by atoms with E-state index in [0.717, 1.165) is 19.4 Å². The Hall–Kier alpha value is -0.0300. The van der Waals surface area contributed by atoms with E-state index >= 15 is 0 Å². The normalized spacial score (nSPS) is 26.5. The smallest absolute Gasteiger partial charge is 0.315 e. The number of rotatable bonds is 3. The molecule has 3 nitrogen and oxygen atoms in total. The molecule has 17 heavy (non-hydrogen) atoms. The van der Waals surface area contributed by atoms with Gasteiger partial charge >= 0.3 is 6.03 Å². The molecule has 2 N–H and O–H groups in total. The van der Waals surface area contributed by atoms with Crippen LogP contribution in [0.1, 0.15) is 32.1 Å². The Labute approximate surface area is 112 Å². The first-order chi connectivity index (χ1) is 8.34. The van der Waals surface area contributed by atoms with E-state index in [4.69, 9.17) is 0 Å². The van der Waals surface area contributed by atoms with Crippen molar-refractivity contribution in [1.82, 2.24) is 10.6 Å². The summed E-state index contributed by atoms with van der Waals surface area (Å²) in [6.07, 6.45) is 6.17. The Morgan fingerprint density at radius 2 is 2.00 bits per heavy atom. The molecule has 0 spiro atoms. The molecule has 0 aromatic heterocycles. The molecule has 1 saturated heterocycles. The zero-order chi connectivity index (χ0) is 11.9. The topological polar surface area (TPSA) is 41.1 Å². The molecular weight excluding hydrogens is 252 g/mol. The first kappa shape index (κ1) is 13.4. The minimum atomic E-state index is 0.0353. The minimum Gasteiger partial charge on any atom is -0.337 e. The van der Waals surface area contributed by atoms with Crippen molar-refractivity contribution < 1.29 is 4.79 Å². The zero-order valence-electron chi connectivity index (χ0n) is 10.2. The maximum atomic E-state index is 11.7. The van der Waals surface area contributed by atoms with E-state index in [1.807, 2.05) is 23.5 Å². The van der Waals surface area contributed by atoms with E-state index in [1.54, 1.807) is 0 Å². The second-order valence-corrected chi connectivity index (χ2v) is 7.32. The van der Waals surface area contributed by atoms with E-state index in [1.165, 1.54) is 36.5 Å². The summed E-state index contributed by atoms with van der Waals surface area (Å²) in [5.74, 6) is 3.66. The Bertz CT molecular complexity index is 239. The number of amides is 2. The van der Waals surface area contributed by atoms with Crippen LogP contribution in [0, 0.1) is 0 Å². The third-order valence-electron chi connectivity index (χ3n) is 3.32. The predicted molar refractivity (Wildman–Crippen MR) is 77.0 cm³/mol. The van der Waals surface area contributed by atoms with E-state index < -0.39 is 0 Å². The van der Waals surface area contributed by atoms with Crippen LogP contribution < -0.4 is 10.6 Å². The van der Waals surface area contributed by atoms with Gasteiger partial charge in [0.25, 0.3) is 0 Å². The highest BCUT2D eigenvalue weighted by molar-refractivity contribution is 8.06. The average Bonchev–Trinajstić information content (AvgIpc) is 2.39. The van der Waals surface area contributed by atoms with Gasteiger partial charge in [0.15, 0.2) is 0 Å². The van der Waals surface area contributed by atoms with Crippen molar-refractivity contribution in [2.45, 2.75) is 43.4 Å². The summed E-state index contributed by atoms with van der Waals surface area (Å²) < 4.78 is 0. The molecule has 0 unspecified atom stereocenters. The van der Waals surface area contributed by atoms with Crippen LogP contribution in [0.3, 0.4) is 0 Å². The second kappa shape index (κ2) is 7.41. The van der Waals surface area contributed by atoms with Crippen molar-refractivity contribution in [3.63, 3.8) is 0 Å². The summed E-state index contributed by atoms with van der Waals surface area (Å²) in [4.78, 5) is 11.7. The van der Waals surface area contributed by atoms with Gasteiger partial charge in [-0.2, -0.15) is 23.5 Å². The van der Waals surface area contributed by atoms with Crippen molar-refractivity contribution in [2.75, 3.05) is 23.8 Å². The number of thioether (sulfide) groups is 2. The lowest BCUT2D eigenvalue weighted by Gasteiger charge is -2.24. The van der Waals surface area contributed by atoms with Crippen LogP contribution in [0.2, 0.25) is 0 Å². The highest BCUT2D eigenvalue weighted by Crippen LogP contribution is 2.23. The first-order valence-corrected chi connectivity index (χ1v) is 8.78. The molecule has 0 bridgehead atoms. The molecule has 5 heteroatoms. The van der Waals surface area contributed by atoms with Gasteiger partial charge in [-0.1, -0.05) is 19.3 Å². The van der Waals surface area contributed by atoms with Gasteiger partial charge in [-0.15, -0.1) is 0 Å². The third-order valence-corrected chi connectivity index (χ3v) is 6.16. The molecule has 1 atom stereocenters. The fourth-order valence-corrected chi connectivity index (χ4v) is 4.96. The SMILES string of the molecule is O=C(NC[C@H]1CSCCS1)NC1CCCCC1. The lowest BCUT2D eigenvalue weighted by atomic mass is 9.96. The molecule has 1 aliphatic heterocycles. The Balaban J connectivity index is 1.59. The van der Waals surface area contributed by atoms with Crippen LogP contribution in [-0.4, -0.2) is 41.1 Å². The maximum Gasteiger partial charge on any atom is 0.315 e. The van der Waals surface area contributed by atoms with Crippen LogP contribution in [0.5, 0.6) is 0 Å². The van der Waals surface area contributed by atoms with Gasteiger partial charge < -0.3 is 10.6 Å². The molecular formula is C12H22N2OS2. The predicted octanol–water partition coefficient (Wildman–Crippen LogP) is 2.47. The van der Waals surface area contributed by atoms with Crippen molar-refractivity contribution in [1.29, 1.82) is 0 Å². The van der Waals surface area contributed by atoms with Crippen molar-refractivity contribution in [3.05, 3.63) is 0 Å². The van der Waals surface area contributed by atoms with E-state index in [2.05, 4.69) is 10.6 Å². The Kier molecular flexibility index (Phi) is 5.85. The summed E-state index contributed by atoms with van der Waals surface area (Å²) in [6, 6.07) is 0.449. The van der Waals surface area contributed by atoms with Gasteiger partial charge in [0.2, 0.25) is 0 Å². The van der Waals surface area contributed by atoms with Gasteiger partial charge in [-0.05, 0) is 12.8 Å². The van der Waals surface area contributed by atoms with Crippen LogP contribution in [0.15, 0.2) is 0 Å². The number of hydrogen-bond donors (Lipinski definition) is 2. The zero-order valence-corrected chi connectivity index (χ0v) is 11.9. The quantitative estimate of drug-likeness (QED) is 0.830. The highest BCUT2D eigenvalue weighted by Gasteiger charge is 2.18. The van der Waals surface area contributed by atoms with Gasteiger partial charge in [-0.3, -0.25) is 0 Å². The summed E-state index contributed by atoms with van der Waals surface area (Å²) >= 11 is 3.99. The average molecular weight is 274 g/mol. The standard InChI is InChI=1S/C12H22N2OS2/c15-12(14-10-4-2-1-3-5-10)13-8-11-9-16-6-7-17-11/h10-11H,1-9H2,(H2,13,14,15)/t11-/m0/s1. The molecule has 1 heterocycles. The molecule has 2 fully saturated rings. The number of hydrogen-bond acceptors (Lipinski definition) is 3. The van der Waals surface area contributed by atoms with Gasteiger partial charge in [-0.25, -0.2) is 4.79 Å². The van der Waals surface area contributed by atoms with Crippen molar-refractivity contribution in [2.24, 2.45) is 0 Å². The molecule has 0 aromatic carbocycles. The van der Waals surface area contributed by atoms with E-state index in [9.17, 15) is 4.79 Å². The monoisotopic (exact) mass is 274 g/mol. The molecule has 2 rings (SSSR count). The second-order valence-electron chi connectivity index (χ2n) is 4.76. The highest BCUT2D eigenvalue weighted by atomic mass is 32.2. The summed E-state index contributed by atoms with van der Waals surface area (Å²) in [7, 11) is 0. The van der Waals surface area contributed by atoms with Crippen LogP contribution in [0.25, 0.3) is 0 Å². The van der Waals surface area contributed by atoms with E-state index in [0.29, 0.717) is 11.3 Å². The summed E-state index contributed by atoms with van der Waals surface area (Å²) in [6.45, 7) is 0.816. The first-order valence-electron chi connectivity index (χ1n) is 6.58. The summed E-state index contributed by atoms with van der Waals surface area (Å²) in [5.41, 5.74) is 0. The number of urea groups is 1. The molecule has 2 amide bonds. The van der Waals surface area contributed by atoms with Gasteiger partial charge in [0, 0.05) is 35.1 Å². The third kappa shape index (κ3) is 5.00. The van der Waals surface area contributed by atoms with Crippen molar-refractivity contribution >= 4 is 29.6 Å². The number of nitrogens with one attached hydrogen (secondary N) is 2.